The lowest BCUT2D eigenvalue weighted by Crippen LogP contribution is -2.19. The van der Waals surface area contributed by atoms with Crippen molar-refractivity contribution < 1.29 is 19.7 Å². The molecule has 120 valence electrons. The van der Waals surface area contributed by atoms with Gasteiger partial charge in [-0.05, 0) is 44.6 Å². The Morgan fingerprint density at radius 2 is 1.86 bits per heavy atom. The molecule has 0 unspecified atom stereocenters. The molecule has 0 bridgehead atoms. The molecule has 0 aliphatic carbocycles. The van der Waals surface area contributed by atoms with Crippen LogP contribution in [-0.4, -0.2) is 48.3 Å². The Bertz CT molecular complexity index is 452. The summed E-state index contributed by atoms with van der Waals surface area (Å²) in [7, 11) is 4.05. The number of phenolic OH excluding ortho intramolecular Hbond substituents is 1. The van der Waals surface area contributed by atoms with Crippen LogP contribution in [0.2, 0.25) is 0 Å². The normalized spacial score (nSPS) is 10.3. The predicted octanol–water partition coefficient (Wildman–Crippen LogP) is 2.86. The van der Waals surface area contributed by atoms with Crippen molar-refractivity contribution in [3.05, 3.63) is 23.3 Å². The van der Waals surface area contributed by atoms with Gasteiger partial charge in [0.15, 0.2) is 0 Å². The molecule has 21 heavy (non-hydrogen) atoms. The van der Waals surface area contributed by atoms with Crippen LogP contribution in [0.5, 0.6) is 11.5 Å². The van der Waals surface area contributed by atoms with E-state index < -0.39 is 5.97 Å². The minimum absolute atomic E-state index is 0.341. The van der Waals surface area contributed by atoms with Gasteiger partial charge >= 0.3 is 0 Å². The molecular formula is C16H27NO4. The topological polar surface area (TPSA) is 70.0 Å². The van der Waals surface area contributed by atoms with Crippen LogP contribution in [0.3, 0.4) is 0 Å². The molecule has 0 aliphatic rings. The Morgan fingerprint density at radius 1 is 1.33 bits per heavy atom. The molecule has 0 radical (unpaired) electrons. The van der Waals surface area contributed by atoms with Gasteiger partial charge in [-0.2, -0.15) is 0 Å². The van der Waals surface area contributed by atoms with Crippen LogP contribution in [0.1, 0.15) is 37.8 Å². The SMILES string of the molecule is CC(=O)O.Cc1cc(OCCN(C)C)c(C(C)C)cc1O. The number of likely N-dealkylation sites (N-methyl/N-ethyl adjacent to an activating group) is 1. The summed E-state index contributed by atoms with van der Waals surface area (Å²) in [5.41, 5.74) is 1.92. The van der Waals surface area contributed by atoms with E-state index >= 15 is 0 Å². The van der Waals surface area contributed by atoms with Gasteiger partial charge in [0.05, 0.1) is 0 Å². The van der Waals surface area contributed by atoms with Crippen molar-refractivity contribution in [3.8, 4) is 11.5 Å². The van der Waals surface area contributed by atoms with Gasteiger partial charge in [-0.15, -0.1) is 0 Å². The Labute approximate surface area is 127 Å². The fourth-order valence-electron chi connectivity index (χ4n) is 1.60. The van der Waals surface area contributed by atoms with Gasteiger partial charge < -0.3 is 19.8 Å². The van der Waals surface area contributed by atoms with Crippen molar-refractivity contribution in [2.45, 2.75) is 33.6 Å². The number of phenols is 1. The van der Waals surface area contributed by atoms with Crippen LogP contribution < -0.4 is 4.74 Å². The van der Waals surface area contributed by atoms with Gasteiger partial charge in [-0.1, -0.05) is 13.8 Å². The molecule has 1 aromatic rings. The van der Waals surface area contributed by atoms with Gasteiger partial charge in [0.25, 0.3) is 5.97 Å². The summed E-state index contributed by atoms with van der Waals surface area (Å²) in [4.78, 5) is 11.1. The number of aryl methyl sites for hydroxylation is 1. The average molecular weight is 297 g/mol. The summed E-state index contributed by atoms with van der Waals surface area (Å²) in [6.07, 6.45) is 0. The van der Waals surface area contributed by atoms with E-state index in [1.807, 2.05) is 33.2 Å². The molecular weight excluding hydrogens is 270 g/mol. The monoisotopic (exact) mass is 297 g/mol. The summed E-state index contributed by atoms with van der Waals surface area (Å²) < 4.78 is 5.79. The molecule has 0 atom stereocenters. The highest BCUT2D eigenvalue weighted by molar-refractivity contribution is 5.62. The summed E-state index contributed by atoms with van der Waals surface area (Å²) in [5, 5.41) is 17.1. The third-order valence-corrected chi connectivity index (χ3v) is 2.75. The van der Waals surface area contributed by atoms with Crippen LogP contribution in [0, 0.1) is 6.92 Å². The van der Waals surface area contributed by atoms with Gasteiger partial charge in [-0.3, -0.25) is 4.79 Å². The maximum Gasteiger partial charge on any atom is 0.300 e. The maximum atomic E-state index is 9.72. The highest BCUT2D eigenvalue weighted by Crippen LogP contribution is 2.32. The Morgan fingerprint density at radius 3 is 2.29 bits per heavy atom. The zero-order valence-electron chi connectivity index (χ0n) is 13.8. The first-order valence-corrected chi connectivity index (χ1v) is 6.95. The van der Waals surface area contributed by atoms with Crippen molar-refractivity contribution in [1.82, 2.24) is 4.90 Å². The number of aliphatic carboxylic acids is 1. The molecule has 5 nitrogen and oxygen atoms in total. The number of hydrogen-bond acceptors (Lipinski definition) is 4. The molecule has 0 saturated carbocycles. The molecule has 0 heterocycles. The van der Waals surface area contributed by atoms with E-state index in [9.17, 15) is 5.11 Å². The molecule has 0 aliphatic heterocycles. The largest absolute Gasteiger partial charge is 0.508 e. The minimum Gasteiger partial charge on any atom is -0.508 e. The van der Waals surface area contributed by atoms with Crippen LogP contribution in [0.15, 0.2) is 12.1 Å². The zero-order valence-corrected chi connectivity index (χ0v) is 13.8. The lowest BCUT2D eigenvalue weighted by Gasteiger charge is -2.17. The number of rotatable bonds is 5. The Balaban J connectivity index is 0.000000885. The van der Waals surface area contributed by atoms with Gasteiger partial charge in [0.2, 0.25) is 0 Å². The highest BCUT2D eigenvalue weighted by atomic mass is 16.5. The highest BCUT2D eigenvalue weighted by Gasteiger charge is 2.11. The number of aromatic hydroxyl groups is 1. The second-order valence-corrected chi connectivity index (χ2v) is 5.50. The fourth-order valence-corrected chi connectivity index (χ4v) is 1.60. The van der Waals surface area contributed by atoms with Crippen molar-refractivity contribution in [2.75, 3.05) is 27.2 Å². The number of ether oxygens (including phenoxy) is 1. The molecule has 5 heteroatoms. The molecule has 1 rings (SSSR count). The third-order valence-electron chi connectivity index (χ3n) is 2.75. The smallest absolute Gasteiger partial charge is 0.300 e. The zero-order chi connectivity index (χ0) is 16.6. The Hall–Kier alpha value is -1.75. The van der Waals surface area contributed by atoms with Crippen LogP contribution in [0.4, 0.5) is 0 Å². The van der Waals surface area contributed by atoms with Crippen LogP contribution in [-0.2, 0) is 4.79 Å². The van der Waals surface area contributed by atoms with Crippen LogP contribution >= 0.6 is 0 Å². The van der Waals surface area contributed by atoms with E-state index in [2.05, 4.69) is 18.7 Å². The van der Waals surface area contributed by atoms with E-state index in [1.54, 1.807) is 0 Å². The van der Waals surface area contributed by atoms with Gasteiger partial charge in [0.1, 0.15) is 18.1 Å². The molecule has 1 aromatic carbocycles. The minimum atomic E-state index is -0.833. The number of benzene rings is 1. The van der Waals surface area contributed by atoms with E-state index in [-0.39, 0.29) is 0 Å². The first kappa shape index (κ1) is 19.2. The first-order valence-electron chi connectivity index (χ1n) is 6.95. The second kappa shape index (κ2) is 9.23. The van der Waals surface area contributed by atoms with E-state index in [0.717, 1.165) is 30.3 Å². The number of nitrogens with zero attached hydrogens (tertiary/aromatic N) is 1. The molecule has 0 fully saturated rings. The van der Waals surface area contributed by atoms with Crippen molar-refractivity contribution in [2.24, 2.45) is 0 Å². The van der Waals surface area contributed by atoms with Crippen molar-refractivity contribution >= 4 is 5.97 Å². The van der Waals surface area contributed by atoms with Crippen LogP contribution in [0.25, 0.3) is 0 Å². The summed E-state index contributed by atoms with van der Waals surface area (Å²) in [6, 6.07) is 3.73. The standard InChI is InChI=1S/C14H23NO2.C2H4O2/c1-10(2)12-9-13(16)11(3)8-14(12)17-7-6-15(4)5;1-2(3)4/h8-10,16H,6-7H2,1-5H3;1H3,(H,3,4). The number of carboxylic acid groups (broad SMARTS) is 1. The summed E-state index contributed by atoms with van der Waals surface area (Å²) in [6.45, 7) is 8.72. The number of carbonyl (C=O) groups is 1. The van der Waals surface area contributed by atoms with E-state index in [0.29, 0.717) is 18.3 Å². The molecule has 0 spiro atoms. The molecule has 0 saturated heterocycles. The predicted molar refractivity (Wildman–Crippen MR) is 84.3 cm³/mol. The lowest BCUT2D eigenvalue weighted by molar-refractivity contribution is -0.134. The van der Waals surface area contributed by atoms with E-state index in [1.165, 1.54) is 0 Å². The molecule has 2 N–H and O–H groups in total. The third kappa shape index (κ3) is 8.19. The number of carboxylic acids is 1. The average Bonchev–Trinajstić information content (AvgIpc) is 2.31. The second-order valence-electron chi connectivity index (χ2n) is 5.50. The summed E-state index contributed by atoms with van der Waals surface area (Å²) >= 11 is 0. The quantitative estimate of drug-likeness (QED) is 0.874. The van der Waals surface area contributed by atoms with Gasteiger partial charge in [0, 0.05) is 19.0 Å². The maximum absolute atomic E-state index is 9.72. The Kier molecular flexibility index (Phi) is 8.47. The van der Waals surface area contributed by atoms with Gasteiger partial charge in [-0.25, -0.2) is 0 Å². The lowest BCUT2D eigenvalue weighted by atomic mass is 10.00. The number of hydrogen-bond donors (Lipinski definition) is 2. The first-order chi connectivity index (χ1) is 9.65. The summed E-state index contributed by atoms with van der Waals surface area (Å²) in [5.74, 6) is 0.738. The molecule has 0 amide bonds. The fraction of sp³-hybridized carbons (Fsp3) is 0.562. The van der Waals surface area contributed by atoms with E-state index in [4.69, 9.17) is 14.6 Å². The van der Waals surface area contributed by atoms with Crippen molar-refractivity contribution in [1.29, 1.82) is 0 Å². The van der Waals surface area contributed by atoms with Crippen molar-refractivity contribution in [3.63, 3.8) is 0 Å². The molecule has 0 aromatic heterocycles.